The van der Waals surface area contributed by atoms with E-state index >= 15 is 0 Å². The molecule has 0 bridgehead atoms. The van der Waals surface area contributed by atoms with Crippen molar-refractivity contribution in [2.24, 2.45) is 0 Å². The Morgan fingerprint density at radius 1 is 0.963 bits per heavy atom. The number of aryl methyl sites for hydroxylation is 2. The van der Waals surface area contributed by atoms with Crippen molar-refractivity contribution in [1.82, 2.24) is 0 Å². The molecule has 0 spiro atoms. The van der Waals surface area contributed by atoms with Gasteiger partial charge in [-0.05, 0) is 43.2 Å². The molecule has 0 radical (unpaired) electrons. The van der Waals surface area contributed by atoms with E-state index in [-0.39, 0.29) is 17.1 Å². The van der Waals surface area contributed by atoms with Gasteiger partial charge in [-0.1, -0.05) is 30.3 Å². The molecule has 0 atom stereocenters. The molecule has 3 rings (SSSR count). The summed E-state index contributed by atoms with van der Waals surface area (Å²) in [4.78, 5) is 24.3. The van der Waals surface area contributed by atoms with E-state index in [1.807, 2.05) is 19.9 Å². The molecular weight excluding hydrogens is 346 g/mol. The minimum atomic E-state index is -0.899. The van der Waals surface area contributed by atoms with Crippen LogP contribution in [0.4, 0.5) is 5.69 Å². The van der Waals surface area contributed by atoms with E-state index < -0.39 is 18.5 Å². The van der Waals surface area contributed by atoms with Crippen molar-refractivity contribution in [3.05, 3.63) is 65.2 Å². The Labute approximate surface area is 156 Å². The number of anilines is 1. The van der Waals surface area contributed by atoms with E-state index in [4.69, 9.17) is 4.74 Å². The number of phenolic OH excluding ortho intramolecular Hbond substituents is 2. The lowest BCUT2D eigenvalue weighted by atomic mass is 10.0. The van der Waals surface area contributed by atoms with Crippen molar-refractivity contribution >= 4 is 28.3 Å². The van der Waals surface area contributed by atoms with Gasteiger partial charge in [0, 0.05) is 16.5 Å². The number of hydrogen-bond acceptors (Lipinski definition) is 5. The third-order valence-corrected chi connectivity index (χ3v) is 4.05. The van der Waals surface area contributed by atoms with Gasteiger partial charge in [-0.3, -0.25) is 4.79 Å². The largest absolute Gasteiger partial charge is 0.507 e. The number of esters is 1. The molecular formula is C21H19NO5. The van der Waals surface area contributed by atoms with Crippen molar-refractivity contribution in [2.45, 2.75) is 13.8 Å². The second kappa shape index (κ2) is 7.37. The lowest BCUT2D eigenvalue weighted by Gasteiger charge is -2.11. The van der Waals surface area contributed by atoms with Crippen molar-refractivity contribution in [3.8, 4) is 11.5 Å². The molecule has 3 aromatic carbocycles. The number of benzene rings is 3. The first-order valence-corrected chi connectivity index (χ1v) is 8.34. The normalized spacial score (nSPS) is 10.6. The van der Waals surface area contributed by atoms with Gasteiger partial charge in [0.15, 0.2) is 6.61 Å². The zero-order chi connectivity index (χ0) is 19.6. The molecule has 0 unspecified atom stereocenters. The highest BCUT2D eigenvalue weighted by Crippen LogP contribution is 2.35. The van der Waals surface area contributed by atoms with Gasteiger partial charge in [0.2, 0.25) is 0 Å². The van der Waals surface area contributed by atoms with E-state index in [1.165, 1.54) is 0 Å². The predicted molar refractivity (Wildman–Crippen MR) is 102 cm³/mol. The topological polar surface area (TPSA) is 95.9 Å². The molecule has 0 aromatic heterocycles. The zero-order valence-corrected chi connectivity index (χ0v) is 14.9. The second-order valence-corrected chi connectivity index (χ2v) is 6.34. The Kier molecular flexibility index (Phi) is 4.98. The predicted octanol–water partition coefficient (Wildman–Crippen LogP) is 3.66. The molecule has 0 saturated heterocycles. The van der Waals surface area contributed by atoms with Crippen LogP contribution in [0, 0.1) is 13.8 Å². The number of carbonyl (C=O) groups excluding carboxylic acids is 2. The van der Waals surface area contributed by atoms with E-state index in [1.54, 1.807) is 36.4 Å². The molecule has 6 nitrogen and oxygen atoms in total. The molecule has 0 aliphatic heterocycles. The quantitative estimate of drug-likeness (QED) is 0.484. The van der Waals surface area contributed by atoms with Gasteiger partial charge < -0.3 is 20.3 Å². The van der Waals surface area contributed by atoms with Crippen LogP contribution in [0.15, 0.2) is 48.5 Å². The molecule has 1 amide bonds. The van der Waals surface area contributed by atoms with Crippen molar-refractivity contribution in [3.63, 3.8) is 0 Å². The number of ether oxygens (including phenoxy) is 1. The summed E-state index contributed by atoms with van der Waals surface area (Å²) < 4.78 is 4.99. The minimum absolute atomic E-state index is 0.157. The maximum atomic E-state index is 12.3. The fourth-order valence-electron chi connectivity index (χ4n) is 2.95. The number of amides is 1. The van der Waals surface area contributed by atoms with Crippen LogP contribution in [0.5, 0.6) is 11.5 Å². The molecule has 0 fully saturated rings. The Balaban J connectivity index is 1.71. The molecule has 3 aromatic rings. The van der Waals surface area contributed by atoms with Crippen LogP contribution in [0.3, 0.4) is 0 Å². The highest BCUT2D eigenvalue weighted by atomic mass is 16.5. The maximum Gasteiger partial charge on any atom is 0.342 e. The van der Waals surface area contributed by atoms with Crippen molar-refractivity contribution < 1.29 is 24.5 Å². The van der Waals surface area contributed by atoms with Gasteiger partial charge in [-0.2, -0.15) is 0 Å². The molecule has 0 aliphatic carbocycles. The standard InChI is InChI=1S/C21H19NO5/c1-12-7-13(2)9-14(8-12)22-19(24)11-27-21(26)17-10-18(23)15-5-3-4-6-16(15)20(17)25/h3-10,23,25H,11H2,1-2H3,(H,22,24). The van der Waals surface area contributed by atoms with E-state index in [0.29, 0.717) is 16.5 Å². The summed E-state index contributed by atoms with van der Waals surface area (Å²) in [7, 11) is 0. The summed E-state index contributed by atoms with van der Waals surface area (Å²) in [5.41, 5.74) is 2.41. The smallest absolute Gasteiger partial charge is 0.342 e. The number of phenols is 2. The van der Waals surface area contributed by atoms with Gasteiger partial charge in [-0.15, -0.1) is 0 Å². The van der Waals surface area contributed by atoms with Crippen LogP contribution in [0.2, 0.25) is 0 Å². The zero-order valence-electron chi connectivity index (χ0n) is 14.9. The molecule has 0 heterocycles. The number of aromatic hydroxyl groups is 2. The number of carbonyl (C=O) groups is 2. The number of nitrogens with one attached hydrogen (secondary N) is 1. The highest BCUT2D eigenvalue weighted by molar-refractivity contribution is 6.04. The number of fused-ring (bicyclic) bond motifs is 1. The highest BCUT2D eigenvalue weighted by Gasteiger charge is 2.19. The first-order chi connectivity index (χ1) is 12.8. The minimum Gasteiger partial charge on any atom is -0.507 e. The van der Waals surface area contributed by atoms with Gasteiger partial charge in [0.1, 0.15) is 17.1 Å². The van der Waals surface area contributed by atoms with Crippen LogP contribution >= 0.6 is 0 Å². The van der Waals surface area contributed by atoms with Crippen LogP contribution in [-0.4, -0.2) is 28.7 Å². The molecule has 27 heavy (non-hydrogen) atoms. The average molecular weight is 365 g/mol. The van der Waals surface area contributed by atoms with Gasteiger partial charge in [0.05, 0.1) is 0 Å². The SMILES string of the molecule is Cc1cc(C)cc(NC(=O)COC(=O)c2cc(O)c3ccccc3c2O)c1. The summed E-state index contributed by atoms with van der Waals surface area (Å²) in [6.07, 6.45) is 0. The molecule has 0 aliphatic rings. The Hall–Kier alpha value is -3.54. The maximum absolute atomic E-state index is 12.3. The van der Waals surface area contributed by atoms with Crippen molar-refractivity contribution in [1.29, 1.82) is 0 Å². The fourth-order valence-corrected chi connectivity index (χ4v) is 2.95. The monoisotopic (exact) mass is 365 g/mol. The van der Waals surface area contributed by atoms with E-state index in [2.05, 4.69) is 5.32 Å². The van der Waals surface area contributed by atoms with E-state index in [0.717, 1.165) is 17.2 Å². The Morgan fingerprint density at radius 3 is 2.26 bits per heavy atom. The van der Waals surface area contributed by atoms with Gasteiger partial charge in [0.25, 0.3) is 5.91 Å². The van der Waals surface area contributed by atoms with Gasteiger partial charge >= 0.3 is 5.97 Å². The Morgan fingerprint density at radius 2 is 1.59 bits per heavy atom. The summed E-state index contributed by atoms with van der Waals surface area (Å²) in [5.74, 6) is -1.86. The summed E-state index contributed by atoms with van der Waals surface area (Å²) >= 11 is 0. The second-order valence-electron chi connectivity index (χ2n) is 6.34. The van der Waals surface area contributed by atoms with Crippen LogP contribution in [0.1, 0.15) is 21.5 Å². The summed E-state index contributed by atoms with van der Waals surface area (Å²) in [6, 6.07) is 13.3. The molecule has 3 N–H and O–H groups in total. The lowest BCUT2D eigenvalue weighted by Crippen LogP contribution is -2.21. The Bertz CT molecular complexity index is 1020. The fraction of sp³-hybridized carbons (Fsp3) is 0.143. The summed E-state index contributed by atoms with van der Waals surface area (Å²) in [5, 5.41) is 23.7. The number of rotatable bonds is 4. The summed E-state index contributed by atoms with van der Waals surface area (Å²) in [6.45, 7) is 3.31. The van der Waals surface area contributed by atoms with Crippen LogP contribution in [-0.2, 0) is 9.53 Å². The van der Waals surface area contributed by atoms with Crippen molar-refractivity contribution in [2.75, 3.05) is 11.9 Å². The average Bonchev–Trinajstić information content (AvgIpc) is 2.62. The lowest BCUT2D eigenvalue weighted by molar-refractivity contribution is -0.119. The third-order valence-electron chi connectivity index (χ3n) is 4.05. The first kappa shape index (κ1) is 18.3. The van der Waals surface area contributed by atoms with Crippen LogP contribution in [0.25, 0.3) is 10.8 Å². The van der Waals surface area contributed by atoms with Crippen LogP contribution < -0.4 is 5.32 Å². The van der Waals surface area contributed by atoms with E-state index in [9.17, 15) is 19.8 Å². The third kappa shape index (κ3) is 4.00. The molecule has 0 saturated carbocycles. The number of hydrogen-bond donors (Lipinski definition) is 3. The first-order valence-electron chi connectivity index (χ1n) is 8.34. The molecule has 138 valence electrons. The van der Waals surface area contributed by atoms with Gasteiger partial charge in [-0.25, -0.2) is 4.79 Å². The molecule has 6 heteroatoms.